The molecule has 1 saturated carbocycles. The van der Waals surface area contributed by atoms with E-state index in [-0.39, 0.29) is 11.8 Å². The number of rotatable bonds is 7. The number of amides is 2. The van der Waals surface area contributed by atoms with E-state index in [0.717, 1.165) is 29.7 Å². The summed E-state index contributed by atoms with van der Waals surface area (Å²) < 4.78 is 0. The highest BCUT2D eigenvalue weighted by Gasteiger charge is 2.40. The molecule has 1 saturated heterocycles. The Kier molecular flexibility index (Phi) is 8.33. The van der Waals surface area contributed by atoms with Gasteiger partial charge in [-0.05, 0) is 73.6 Å². The Bertz CT molecular complexity index is 1320. The minimum atomic E-state index is -0.0759. The molecule has 4 nitrogen and oxygen atoms in total. The van der Waals surface area contributed by atoms with E-state index < -0.39 is 0 Å². The summed E-state index contributed by atoms with van der Waals surface area (Å²) in [6.45, 7) is 5.50. The third-order valence-electron chi connectivity index (χ3n) is 7.68. The molecule has 3 aromatic carbocycles. The van der Waals surface area contributed by atoms with Gasteiger partial charge in [0.2, 0.25) is 0 Å². The molecule has 0 bridgehead atoms. The molecular weight excluding hydrogens is 488 g/mol. The summed E-state index contributed by atoms with van der Waals surface area (Å²) in [4.78, 5) is 29.3. The topological polar surface area (TPSA) is 49.4 Å². The number of carbonyl (C=O) groups is 2. The average molecular weight is 525 g/mol. The van der Waals surface area contributed by atoms with Crippen LogP contribution >= 0.6 is 11.8 Å². The first-order valence-corrected chi connectivity index (χ1v) is 14.5. The lowest BCUT2D eigenvalue weighted by atomic mass is 9.92. The van der Waals surface area contributed by atoms with Crippen LogP contribution in [0, 0.1) is 13.8 Å². The van der Waals surface area contributed by atoms with Crippen molar-refractivity contribution in [2.24, 2.45) is 0 Å². The van der Waals surface area contributed by atoms with E-state index in [0.29, 0.717) is 29.9 Å². The molecule has 5 heteroatoms. The van der Waals surface area contributed by atoms with Gasteiger partial charge in [0.1, 0.15) is 0 Å². The fraction of sp³-hybridized carbons (Fsp3) is 0.333. The Hall–Kier alpha value is -3.31. The van der Waals surface area contributed by atoms with Gasteiger partial charge < -0.3 is 10.2 Å². The highest BCUT2D eigenvalue weighted by atomic mass is 32.2. The monoisotopic (exact) mass is 524 g/mol. The van der Waals surface area contributed by atoms with Crippen molar-refractivity contribution in [1.82, 2.24) is 10.2 Å². The van der Waals surface area contributed by atoms with Gasteiger partial charge in [-0.1, -0.05) is 79.1 Å². The van der Waals surface area contributed by atoms with Crippen molar-refractivity contribution in [1.29, 1.82) is 0 Å². The van der Waals surface area contributed by atoms with Crippen LogP contribution in [0.4, 0.5) is 0 Å². The standard InChI is InChI=1S/C33H36N2O2S/c1-23-12-13-24(2)28(20-23)22-35-29-10-6-7-11-30(29)38-31(33(35)37)21-26-14-16-27(17-15-26)32(36)34-19-18-25-8-4-3-5-9-25/h3-5,8-9,12-17,20-21,29-30H,6-7,10-11,18-19,22H2,1-2H3,(H,34,36)/b31-21+. The molecule has 0 spiro atoms. The maximum Gasteiger partial charge on any atom is 0.260 e. The number of thioether (sulfide) groups is 1. The Morgan fingerprint density at radius 1 is 1.00 bits per heavy atom. The van der Waals surface area contributed by atoms with Crippen LogP contribution in [0.5, 0.6) is 0 Å². The smallest absolute Gasteiger partial charge is 0.260 e. The molecule has 2 atom stereocenters. The van der Waals surface area contributed by atoms with E-state index in [4.69, 9.17) is 0 Å². The quantitative estimate of drug-likeness (QED) is 0.350. The second-order valence-electron chi connectivity index (χ2n) is 10.5. The molecule has 5 rings (SSSR count). The first-order chi connectivity index (χ1) is 18.5. The van der Waals surface area contributed by atoms with Crippen LogP contribution in [0.2, 0.25) is 0 Å². The molecule has 3 aromatic rings. The predicted octanol–water partition coefficient (Wildman–Crippen LogP) is 6.70. The normalized spacial score (nSPS) is 20.3. The maximum absolute atomic E-state index is 13.8. The molecular formula is C33H36N2O2S. The van der Waals surface area contributed by atoms with Crippen molar-refractivity contribution in [3.05, 3.63) is 111 Å². The highest BCUT2D eigenvalue weighted by Crippen LogP contribution is 2.43. The largest absolute Gasteiger partial charge is 0.352 e. The molecule has 1 heterocycles. The maximum atomic E-state index is 13.8. The first kappa shape index (κ1) is 26.3. The van der Waals surface area contributed by atoms with Gasteiger partial charge in [0.05, 0.1) is 4.91 Å². The molecule has 38 heavy (non-hydrogen) atoms. The van der Waals surface area contributed by atoms with Gasteiger partial charge >= 0.3 is 0 Å². The third-order valence-corrected chi connectivity index (χ3v) is 9.08. The predicted molar refractivity (Wildman–Crippen MR) is 157 cm³/mol. The molecule has 2 aliphatic rings. The van der Waals surface area contributed by atoms with E-state index in [2.05, 4.69) is 54.4 Å². The molecule has 2 fully saturated rings. The van der Waals surface area contributed by atoms with Crippen LogP contribution in [-0.4, -0.2) is 34.6 Å². The molecule has 0 aromatic heterocycles. The average Bonchev–Trinajstić information content (AvgIpc) is 2.94. The van der Waals surface area contributed by atoms with Crippen LogP contribution in [0.1, 0.15) is 63.9 Å². The second kappa shape index (κ2) is 12.0. The second-order valence-corrected chi connectivity index (χ2v) is 11.8. The lowest BCUT2D eigenvalue weighted by Crippen LogP contribution is -2.50. The number of hydrogen-bond acceptors (Lipinski definition) is 3. The van der Waals surface area contributed by atoms with Crippen molar-refractivity contribution in [2.75, 3.05) is 6.54 Å². The van der Waals surface area contributed by atoms with Crippen LogP contribution in [0.15, 0.2) is 77.7 Å². The summed E-state index contributed by atoms with van der Waals surface area (Å²) in [5.41, 5.74) is 6.48. The van der Waals surface area contributed by atoms with Crippen LogP contribution in [-0.2, 0) is 17.8 Å². The Morgan fingerprint density at radius 3 is 2.55 bits per heavy atom. The zero-order valence-corrected chi connectivity index (χ0v) is 23.1. The van der Waals surface area contributed by atoms with E-state index >= 15 is 0 Å². The summed E-state index contributed by atoms with van der Waals surface area (Å²) >= 11 is 1.75. The molecule has 196 valence electrons. The minimum Gasteiger partial charge on any atom is -0.352 e. The number of aryl methyl sites for hydroxylation is 2. The van der Waals surface area contributed by atoms with Gasteiger partial charge in [0.15, 0.2) is 0 Å². The zero-order chi connectivity index (χ0) is 26.5. The number of hydrogen-bond donors (Lipinski definition) is 1. The number of carbonyl (C=O) groups excluding carboxylic acids is 2. The van der Waals surface area contributed by atoms with Crippen molar-refractivity contribution in [3.63, 3.8) is 0 Å². The Morgan fingerprint density at radius 2 is 1.76 bits per heavy atom. The third kappa shape index (κ3) is 6.21. The van der Waals surface area contributed by atoms with Crippen molar-refractivity contribution < 1.29 is 9.59 Å². The molecule has 2 unspecified atom stereocenters. The summed E-state index contributed by atoms with van der Waals surface area (Å²) in [5, 5.41) is 3.44. The van der Waals surface area contributed by atoms with Crippen LogP contribution in [0.3, 0.4) is 0 Å². The summed E-state index contributed by atoms with van der Waals surface area (Å²) in [6.07, 6.45) is 7.44. The Balaban J connectivity index is 1.29. The molecule has 1 aliphatic heterocycles. The van der Waals surface area contributed by atoms with Crippen LogP contribution < -0.4 is 5.32 Å². The fourth-order valence-corrected chi connectivity index (χ4v) is 6.94. The highest BCUT2D eigenvalue weighted by molar-refractivity contribution is 8.04. The summed E-state index contributed by atoms with van der Waals surface area (Å²) in [7, 11) is 0. The van der Waals surface area contributed by atoms with Crippen molar-refractivity contribution >= 4 is 29.7 Å². The molecule has 1 aliphatic carbocycles. The zero-order valence-electron chi connectivity index (χ0n) is 22.3. The lowest BCUT2D eigenvalue weighted by molar-refractivity contribution is -0.130. The van der Waals surface area contributed by atoms with E-state index in [1.54, 1.807) is 11.8 Å². The van der Waals surface area contributed by atoms with Gasteiger partial charge in [-0.3, -0.25) is 9.59 Å². The summed E-state index contributed by atoms with van der Waals surface area (Å²) in [6, 6.07) is 24.5. The van der Waals surface area contributed by atoms with E-state index in [9.17, 15) is 9.59 Å². The molecule has 0 radical (unpaired) electrons. The minimum absolute atomic E-state index is 0.0759. The SMILES string of the molecule is Cc1ccc(C)c(CN2C(=O)/C(=C\c3ccc(C(=O)NCCc4ccccc4)cc3)SC3CCCCC32)c1. The lowest BCUT2D eigenvalue weighted by Gasteiger charge is -2.44. The van der Waals surface area contributed by atoms with Gasteiger partial charge in [0.25, 0.3) is 11.8 Å². The van der Waals surface area contributed by atoms with Crippen molar-refractivity contribution in [3.8, 4) is 0 Å². The van der Waals surface area contributed by atoms with Gasteiger partial charge in [-0.15, -0.1) is 11.8 Å². The number of nitrogens with one attached hydrogen (secondary N) is 1. The van der Waals surface area contributed by atoms with Crippen molar-refractivity contribution in [2.45, 2.75) is 63.8 Å². The molecule has 2 amide bonds. The Labute approximate surface area is 230 Å². The van der Waals surface area contributed by atoms with Crippen LogP contribution in [0.25, 0.3) is 6.08 Å². The van der Waals surface area contributed by atoms with Gasteiger partial charge in [-0.2, -0.15) is 0 Å². The first-order valence-electron chi connectivity index (χ1n) is 13.7. The fourth-order valence-electron chi connectivity index (χ4n) is 5.47. The molecule has 1 N–H and O–H groups in total. The summed E-state index contributed by atoms with van der Waals surface area (Å²) in [5.74, 6) is 0.0507. The number of nitrogens with zero attached hydrogens (tertiary/aromatic N) is 1. The van der Waals surface area contributed by atoms with E-state index in [1.807, 2.05) is 48.5 Å². The van der Waals surface area contributed by atoms with Gasteiger partial charge in [0, 0.05) is 29.9 Å². The number of fused-ring (bicyclic) bond motifs is 1. The van der Waals surface area contributed by atoms with E-state index in [1.165, 1.54) is 35.1 Å². The van der Waals surface area contributed by atoms with Gasteiger partial charge in [-0.25, -0.2) is 0 Å². The number of benzene rings is 3.